The zero-order valence-electron chi connectivity index (χ0n) is 12.3. The number of esters is 1. The molecule has 0 bridgehead atoms. The van der Waals surface area contributed by atoms with E-state index in [0.717, 1.165) is 0 Å². The number of rotatable bonds is 7. The molecule has 0 saturated carbocycles. The zero-order chi connectivity index (χ0) is 15.8. The van der Waals surface area contributed by atoms with E-state index in [-0.39, 0.29) is 18.4 Å². The molecule has 1 aromatic heterocycles. The molecule has 7 heteroatoms. The van der Waals surface area contributed by atoms with Gasteiger partial charge in [0.1, 0.15) is 6.04 Å². The van der Waals surface area contributed by atoms with E-state index < -0.39 is 17.9 Å². The molecule has 2 amide bonds. The Morgan fingerprint density at radius 1 is 1.33 bits per heavy atom. The largest absolute Gasteiger partial charge is 0.467 e. The van der Waals surface area contributed by atoms with Crippen molar-refractivity contribution in [3.05, 3.63) is 22.4 Å². The summed E-state index contributed by atoms with van der Waals surface area (Å²) in [5, 5.41) is 8.56. The molecule has 0 aromatic carbocycles. The minimum Gasteiger partial charge on any atom is -0.467 e. The number of thiophene rings is 1. The monoisotopic (exact) mass is 312 g/mol. The fraction of sp³-hybridized carbons (Fsp3) is 0.500. The van der Waals surface area contributed by atoms with Gasteiger partial charge in [-0.3, -0.25) is 9.59 Å². The number of methoxy groups -OCH3 is 1. The minimum atomic E-state index is -0.694. The lowest BCUT2D eigenvalue weighted by Gasteiger charge is -2.18. The van der Waals surface area contributed by atoms with Gasteiger partial charge in [-0.15, -0.1) is 0 Å². The smallest absolute Gasteiger partial charge is 0.328 e. The molecule has 1 rings (SSSR count). The van der Waals surface area contributed by atoms with E-state index in [0.29, 0.717) is 12.0 Å². The van der Waals surface area contributed by atoms with E-state index in [9.17, 15) is 14.4 Å². The molecule has 0 spiro atoms. The van der Waals surface area contributed by atoms with E-state index in [2.05, 4.69) is 15.4 Å². The zero-order valence-corrected chi connectivity index (χ0v) is 13.2. The first-order chi connectivity index (χ1) is 9.93. The maximum Gasteiger partial charge on any atom is 0.328 e. The Morgan fingerprint density at radius 2 is 2.05 bits per heavy atom. The Balaban J connectivity index is 2.46. The van der Waals surface area contributed by atoms with E-state index in [1.807, 2.05) is 13.8 Å². The van der Waals surface area contributed by atoms with Gasteiger partial charge in [0.2, 0.25) is 5.91 Å². The first kappa shape index (κ1) is 17.2. The minimum absolute atomic E-state index is 0.180. The summed E-state index contributed by atoms with van der Waals surface area (Å²) in [6.07, 6.45) is 0.483. The van der Waals surface area contributed by atoms with Crippen LogP contribution in [0.5, 0.6) is 0 Å². The van der Waals surface area contributed by atoms with Crippen LogP contribution in [0.15, 0.2) is 16.8 Å². The quantitative estimate of drug-likeness (QED) is 0.741. The van der Waals surface area contributed by atoms with E-state index in [1.54, 1.807) is 16.8 Å². The first-order valence-electron chi connectivity index (χ1n) is 6.61. The number of amides is 2. The number of hydrogen-bond donors (Lipinski definition) is 2. The summed E-state index contributed by atoms with van der Waals surface area (Å²) in [5.41, 5.74) is 0.513. The second kappa shape index (κ2) is 8.41. The summed E-state index contributed by atoms with van der Waals surface area (Å²) >= 11 is 1.40. The Morgan fingerprint density at radius 3 is 2.57 bits per heavy atom. The molecule has 1 aromatic rings. The molecule has 21 heavy (non-hydrogen) atoms. The van der Waals surface area contributed by atoms with Gasteiger partial charge in [0.05, 0.1) is 13.7 Å². The van der Waals surface area contributed by atoms with Crippen molar-refractivity contribution in [3.8, 4) is 0 Å². The van der Waals surface area contributed by atoms with Crippen LogP contribution in [0.3, 0.4) is 0 Å². The summed E-state index contributed by atoms with van der Waals surface area (Å²) in [6, 6.07) is 0.981. The van der Waals surface area contributed by atoms with Crippen LogP contribution in [-0.2, 0) is 14.3 Å². The predicted molar refractivity (Wildman–Crippen MR) is 80.1 cm³/mol. The van der Waals surface area contributed by atoms with Crippen molar-refractivity contribution in [1.82, 2.24) is 10.6 Å². The van der Waals surface area contributed by atoms with Gasteiger partial charge in [-0.05, 0) is 23.8 Å². The van der Waals surface area contributed by atoms with Gasteiger partial charge in [-0.25, -0.2) is 4.79 Å². The Kier molecular flexibility index (Phi) is 6.87. The summed E-state index contributed by atoms with van der Waals surface area (Å²) in [6.45, 7) is 3.71. The molecule has 6 nitrogen and oxygen atoms in total. The molecule has 1 unspecified atom stereocenters. The number of carbonyl (C=O) groups excluding carboxylic acids is 3. The third-order valence-corrected chi connectivity index (χ3v) is 3.40. The van der Waals surface area contributed by atoms with Crippen LogP contribution in [0.25, 0.3) is 0 Å². The highest BCUT2D eigenvalue weighted by Crippen LogP contribution is 2.06. The molecule has 1 atom stereocenters. The second-order valence-electron chi connectivity index (χ2n) is 4.97. The van der Waals surface area contributed by atoms with Crippen LogP contribution in [-0.4, -0.2) is 37.5 Å². The van der Waals surface area contributed by atoms with Gasteiger partial charge in [-0.2, -0.15) is 11.3 Å². The fourth-order valence-electron chi connectivity index (χ4n) is 1.73. The average molecular weight is 312 g/mol. The highest BCUT2D eigenvalue weighted by atomic mass is 32.1. The van der Waals surface area contributed by atoms with Crippen LogP contribution in [0, 0.1) is 5.92 Å². The van der Waals surface area contributed by atoms with Gasteiger partial charge in [-0.1, -0.05) is 13.8 Å². The van der Waals surface area contributed by atoms with Crippen molar-refractivity contribution >= 4 is 29.1 Å². The number of carbonyl (C=O) groups is 3. The molecule has 116 valence electrons. The number of nitrogens with one attached hydrogen (secondary N) is 2. The van der Waals surface area contributed by atoms with Crippen molar-refractivity contribution in [2.45, 2.75) is 26.3 Å². The third kappa shape index (κ3) is 5.95. The van der Waals surface area contributed by atoms with Crippen LogP contribution < -0.4 is 10.6 Å². The van der Waals surface area contributed by atoms with Crippen LogP contribution in [0.1, 0.15) is 30.6 Å². The standard InChI is InChI=1S/C14H20N2O4S/c1-9(2)6-11(14(19)20-3)16-12(17)7-15-13(18)10-4-5-21-8-10/h4-5,8-9,11H,6-7H2,1-3H3,(H,15,18)(H,16,17). The van der Waals surface area contributed by atoms with Gasteiger partial charge in [0, 0.05) is 10.9 Å². The van der Waals surface area contributed by atoms with E-state index in [4.69, 9.17) is 0 Å². The SMILES string of the molecule is COC(=O)C(CC(C)C)NC(=O)CNC(=O)c1ccsc1. The molecule has 0 fully saturated rings. The lowest BCUT2D eigenvalue weighted by molar-refractivity contribution is -0.145. The Labute approximate surface area is 127 Å². The lowest BCUT2D eigenvalue weighted by atomic mass is 10.0. The van der Waals surface area contributed by atoms with Crippen molar-refractivity contribution in [2.75, 3.05) is 13.7 Å². The molecule has 0 aliphatic heterocycles. The van der Waals surface area contributed by atoms with Gasteiger partial charge in [0.15, 0.2) is 0 Å². The fourth-order valence-corrected chi connectivity index (χ4v) is 2.37. The van der Waals surface area contributed by atoms with Crippen molar-refractivity contribution < 1.29 is 19.1 Å². The molecule has 2 N–H and O–H groups in total. The Hall–Kier alpha value is -1.89. The summed E-state index contributed by atoms with van der Waals surface area (Å²) in [5.74, 6) is -0.990. The molecular weight excluding hydrogens is 292 g/mol. The summed E-state index contributed by atoms with van der Waals surface area (Å²) in [7, 11) is 1.28. The third-order valence-electron chi connectivity index (χ3n) is 2.72. The first-order valence-corrected chi connectivity index (χ1v) is 7.56. The maximum absolute atomic E-state index is 11.8. The highest BCUT2D eigenvalue weighted by Gasteiger charge is 2.22. The molecule has 0 aliphatic carbocycles. The van der Waals surface area contributed by atoms with Gasteiger partial charge < -0.3 is 15.4 Å². The summed E-state index contributed by atoms with van der Waals surface area (Å²) in [4.78, 5) is 35.1. The van der Waals surface area contributed by atoms with Gasteiger partial charge in [0.25, 0.3) is 5.91 Å². The van der Waals surface area contributed by atoms with Crippen LogP contribution in [0.4, 0.5) is 0 Å². The highest BCUT2D eigenvalue weighted by molar-refractivity contribution is 7.08. The maximum atomic E-state index is 11.8. The second-order valence-corrected chi connectivity index (χ2v) is 5.75. The predicted octanol–water partition coefficient (Wildman–Crippen LogP) is 1.18. The van der Waals surface area contributed by atoms with Crippen LogP contribution in [0.2, 0.25) is 0 Å². The molecule has 0 radical (unpaired) electrons. The normalized spacial score (nSPS) is 11.8. The average Bonchev–Trinajstić information content (AvgIpc) is 2.96. The Bertz CT molecular complexity index is 485. The molecule has 0 saturated heterocycles. The van der Waals surface area contributed by atoms with Crippen LogP contribution >= 0.6 is 11.3 Å². The number of ether oxygens (including phenoxy) is 1. The van der Waals surface area contributed by atoms with Crippen molar-refractivity contribution in [2.24, 2.45) is 5.92 Å². The van der Waals surface area contributed by atoms with Gasteiger partial charge >= 0.3 is 5.97 Å². The van der Waals surface area contributed by atoms with E-state index in [1.165, 1.54) is 18.4 Å². The molecule has 0 aliphatic rings. The molecule has 1 heterocycles. The van der Waals surface area contributed by atoms with Crippen molar-refractivity contribution in [1.29, 1.82) is 0 Å². The topological polar surface area (TPSA) is 84.5 Å². The summed E-state index contributed by atoms with van der Waals surface area (Å²) < 4.78 is 4.66. The molecular formula is C14H20N2O4S. The van der Waals surface area contributed by atoms with E-state index >= 15 is 0 Å². The lowest BCUT2D eigenvalue weighted by Crippen LogP contribution is -2.46. The number of hydrogen-bond acceptors (Lipinski definition) is 5. The van der Waals surface area contributed by atoms with Crippen molar-refractivity contribution in [3.63, 3.8) is 0 Å².